The topological polar surface area (TPSA) is 126 Å². The van der Waals surface area contributed by atoms with Gasteiger partial charge in [0.15, 0.2) is 11.8 Å². The summed E-state index contributed by atoms with van der Waals surface area (Å²) in [4.78, 5) is 8.55. The van der Waals surface area contributed by atoms with Crippen molar-refractivity contribution in [2.24, 2.45) is 0 Å². The Balaban J connectivity index is 1.76. The number of aromatic hydroxyl groups is 1. The van der Waals surface area contributed by atoms with E-state index < -0.39 is 0 Å². The Morgan fingerprint density at radius 3 is 2.58 bits per heavy atom. The van der Waals surface area contributed by atoms with Gasteiger partial charge in [0.25, 0.3) is 0 Å². The predicted octanol–water partition coefficient (Wildman–Crippen LogP) is 2.34. The zero-order valence-corrected chi connectivity index (χ0v) is 14.1. The molecule has 1 aliphatic rings. The molecular formula is C18H19N7O. The molecule has 0 amide bonds. The Labute approximate surface area is 150 Å². The second kappa shape index (κ2) is 6.52. The maximum absolute atomic E-state index is 9.55. The molecule has 4 rings (SSSR count). The van der Waals surface area contributed by atoms with Crippen molar-refractivity contribution in [2.75, 3.05) is 5.73 Å². The van der Waals surface area contributed by atoms with Crippen LogP contribution >= 0.6 is 0 Å². The molecule has 1 fully saturated rings. The predicted molar refractivity (Wildman–Crippen MR) is 96.9 cm³/mol. The quantitative estimate of drug-likeness (QED) is 0.489. The third kappa shape index (κ3) is 2.77. The molecule has 132 valence electrons. The van der Waals surface area contributed by atoms with Crippen LogP contribution in [0.5, 0.6) is 5.75 Å². The molecule has 1 aliphatic carbocycles. The zero-order chi connectivity index (χ0) is 18.1. The summed E-state index contributed by atoms with van der Waals surface area (Å²) in [5.74, 6) is 0.592. The number of nitriles is 1. The van der Waals surface area contributed by atoms with E-state index in [2.05, 4.69) is 15.3 Å². The van der Waals surface area contributed by atoms with Crippen molar-refractivity contribution >= 4 is 16.9 Å². The van der Waals surface area contributed by atoms with Crippen molar-refractivity contribution in [3.8, 4) is 23.2 Å². The maximum Gasteiger partial charge on any atom is 0.176 e. The van der Waals surface area contributed by atoms with Gasteiger partial charge in [-0.2, -0.15) is 10.4 Å². The molecule has 0 unspecified atom stereocenters. The lowest BCUT2D eigenvalue weighted by Crippen LogP contribution is -2.31. The molecule has 0 radical (unpaired) electrons. The van der Waals surface area contributed by atoms with E-state index in [1.165, 1.54) is 6.33 Å². The molecule has 8 nitrogen and oxygen atoms in total. The van der Waals surface area contributed by atoms with E-state index >= 15 is 0 Å². The summed E-state index contributed by atoms with van der Waals surface area (Å²) in [7, 11) is 0. The highest BCUT2D eigenvalue weighted by atomic mass is 16.3. The van der Waals surface area contributed by atoms with Gasteiger partial charge in [-0.1, -0.05) is 0 Å². The number of nitrogens with two attached hydrogens (primary N) is 1. The number of phenolic OH excluding ortho intramolecular Hbond substituents is 1. The summed E-state index contributed by atoms with van der Waals surface area (Å²) in [5.41, 5.74) is 8.42. The van der Waals surface area contributed by atoms with Gasteiger partial charge >= 0.3 is 0 Å². The monoisotopic (exact) mass is 349 g/mol. The van der Waals surface area contributed by atoms with Gasteiger partial charge < -0.3 is 16.2 Å². The van der Waals surface area contributed by atoms with Crippen LogP contribution in [0.25, 0.3) is 22.3 Å². The van der Waals surface area contributed by atoms with Crippen molar-refractivity contribution in [3.05, 3.63) is 30.6 Å². The largest absolute Gasteiger partial charge is 0.508 e. The van der Waals surface area contributed by atoms with Crippen LogP contribution in [0.4, 0.5) is 5.82 Å². The van der Waals surface area contributed by atoms with Gasteiger partial charge in [0, 0.05) is 11.6 Å². The second-order valence-corrected chi connectivity index (χ2v) is 6.56. The van der Waals surface area contributed by atoms with Crippen LogP contribution in [0.2, 0.25) is 0 Å². The number of fused-ring (bicyclic) bond motifs is 1. The first kappa shape index (κ1) is 16.1. The number of nitrogens with zero attached hydrogens (tertiary/aromatic N) is 5. The van der Waals surface area contributed by atoms with Crippen LogP contribution < -0.4 is 11.1 Å². The fraction of sp³-hybridized carbons (Fsp3) is 0.333. The first-order chi connectivity index (χ1) is 12.7. The van der Waals surface area contributed by atoms with Crippen LogP contribution in [-0.4, -0.2) is 30.9 Å². The number of hydrogen-bond acceptors (Lipinski definition) is 7. The molecular weight excluding hydrogens is 330 g/mol. The molecule has 0 bridgehead atoms. The summed E-state index contributed by atoms with van der Waals surface area (Å²) in [6.07, 6.45) is 7.13. The summed E-state index contributed by atoms with van der Waals surface area (Å²) in [5, 5.41) is 26.7. The normalized spacial score (nSPS) is 20.0. The van der Waals surface area contributed by atoms with Crippen molar-refractivity contribution in [1.82, 2.24) is 25.1 Å². The lowest BCUT2D eigenvalue weighted by Gasteiger charge is -2.27. The Hall–Kier alpha value is -3.34. The second-order valence-electron chi connectivity index (χ2n) is 6.56. The zero-order valence-electron chi connectivity index (χ0n) is 14.1. The first-order valence-electron chi connectivity index (χ1n) is 8.60. The molecule has 2 aromatic heterocycles. The summed E-state index contributed by atoms with van der Waals surface area (Å²) >= 11 is 0. The van der Waals surface area contributed by atoms with Crippen LogP contribution in [0, 0.1) is 11.5 Å². The van der Waals surface area contributed by atoms with Gasteiger partial charge in [-0.3, -0.25) is 0 Å². The van der Waals surface area contributed by atoms with Crippen LogP contribution in [0.3, 0.4) is 0 Å². The molecule has 4 N–H and O–H groups in total. The Morgan fingerprint density at radius 2 is 1.88 bits per heavy atom. The van der Waals surface area contributed by atoms with Crippen molar-refractivity contribution in [3.63, 3.8) is 0 Å². The number of benzene rings is 1. The molecule has 26 heavy (non-hydrogen) atoms. The fourth-order valence-electron chi connectivity index (χ4n) is 3.63. The molecule has 2 heterocycles. The minimum atomic E-state index is 0.199. The highest BCUT2D eigenvalue weighted by Gasteiger charge is 2.26. The van der Waals surface area contributed by atoms with Crippen LogP contribution in [0.15, 0.2) is 30.6 Å². The first-order valence-corrected chi connectivity index (χ1v) is 8.60. The Kier molecular flexibility index (Phi) is 4.05. The van der Waals surface area contributed by atoms with E-state index in [1.54, 1.807) is 12.1 Å². The standard InChI is InChI=1S/C18H19N7O/c19-9-21-12-3-5-13(6-4-12)25-18-15(17(20)22-10-23-18)16(24-25)11-1-7-14(26)8-2-11/h1-2,7-8,10,12-13,21,26H,3-6H2,(H2,20,22,23). The highest BCUT2D eigenvalue weighted by molar-refractivity contribution is 5.98. The average molecular weight is 349 g/mol. The smallest absolute Gasteiger partial charge is 0.176 e. The molecule has 0 atom stereocenters. The molecule has 3 aromatic rings. The van der Waals surface area contributed by atoms with Gasteiger partial charge in [-0.05, 0) is 49.9 Å². The SMILES string of the molecule is N#CNC1CCC(n2nc(-c3ccc(O)cc3)c3c(N)ncnc32)CC1. The number of anilines is 1. The summed E-state index contributed by atoms with van der Waals surface area (Å²) < 4.78 is 1.94. The highest BCUT2D eigenvalue weighted by Crippen LogP contribution is 2.36. The maximum atomic E-state index is 9.55. The number of aromatic nitrogens is 4. The van der Waals surface area contributed by atoms with Gasteiger partial charge in [-0.25, -0.2) is 14.6 Å². The molecule has 0 saturated heterocycles. The number of phenols is 1. The summed E-state index contributed by atoms with van der Waals surface area (Å²) in [6.45, 7) is 0. The molecule has 8 heteroatoms. The Bertz CT molecular complexity index is 966. The van der Waals surface area contributed by atoms with E-state index in [-0.39, 0.29) is 17.8 Å². The van der Waals surface area contributed by atoms with Crippen molar-refractivity contribution < 1.29 is 5.11 Å². The van der Waals surface area contributed by atoms with E-state index in [1.807, 2.05) is 23.0 Å². The van der Waals surface area contributed by atoms with Gasteiger partial charge in [0.2, 0.25) is 0 Å². The van der Waals surface area contributed by atoms with Crippen LogP contribution in [0.1, 0.15) is 31.7 Å². The lowest BCUT2D eigenvalue weighted by molar-refractivity contribution is 0.295. The average Bonchev–Trinajstić information content (AvgIpc) is 3.04. The summed E-state index contributed by atoms with van der Waals surface area (Å²) in [6, 6.07) is 7.30. The number of hydrogen-bond donors (Lipinski definition) is 3. The van der Waals surface area contributed by atoms with Crippen LogP contribution in [-0.2, 0) is 0 Å². The van der Waals surface area contributed by atoms with Crippen molar-refractivity contribution in [2.45, 2.75) is 37.8 Å². The number of rotatable bonds is 3. The molecule has 1 saturated carbocycles. The minimum Gasteiger partial charge on any atom is -0.508 e. The third-order valence-corrected chi connectivity index (χ3v) is 4.97. The molecule has 1 aromatic carbocycles. The fourth-order valence-corrected chi connectivity index (χ4v) is 3.63. The number of nitrogens with one attached hydrogen (secondary N) is 1. The minimum absolute atomic E-state index is 0.199. The van der Waals surface area contributed by atoms with E-state index in [0.29, 0.717) is 5.82 Å². The van der Waals surface area contributed by atoms with E-state index in [9.17, 15) is 5.11 Å². The number of nitrogen functional groups attached to an aromatic ring is 1. The molecule has 0 spiro atoms. The third-order valence-electron chi connectivity index (χ3n) is 4.97. The van der Waals surface area contributed by atoms with Gasteiger partial charge in [0.1, 0.15) is 23.6 Å². The van der Waals surface area contributed by atoms with E-state index in [0.717, 1.165) is 48.0 Å². The van der Waals surface area contributed by atoms with Gasteiger partial charge in [-0.15, -0.1) is 0 Å². The Morgan fingerprint density at radius 1 is 1.15 bits per heavy atom. The lowest BCUT2D eigenvalue weighted by atomic mass is 9.91. The van der Waals surface area contributed by atoms with Gasteiger partial charge in [0.05, 0.1) is 11.4 Å². The van der Waals surface area contributed by atoms with E-state index in [4.69, 9.17) is 16.1 Å². The molecule has 0 aliphatic heterocycles. The van der Waals surface area contributed by atoms with Crippen molar-refractivity contribution in [1.29, 1.82) is 5.26 Å².